The topological polar surface area (TPSA) is 119 Å². The lowest BCUT2D eigenvalue weighted by molar-refractivity contribution is -0.298. The predicted octanol–water partition coefficient (Wildman–Crippen LogP) is 6.60. The van der Waals surface area contributed by atoms with E-state index >= 15 is 0 Å². The molecule has 2 aliphatic rings. The highest BCUT2D eigenvalue weighted by molar-refractivity contribution is 5.70. The van der Waals surface area contributed by atoms with Crippen LogP contribution in [0.15, 0.2) is 115 Å². The summed E-state index contributed by atoms with van der Waals surface area (Å²) >= 11 is 0. The van der Waals surface area contributed by atoms with Gasteiger partial charge in [-0.15, -0.1) is 0 Å². The van der Waals surface area contributed by atoms with Crippen molar-refractivity contribution in [2.24, 2.45) is 5.73 Å². The highest BCUT2D eigenvalue weighted by Gasteiger charge is 2.49. The van der Waals surface area contributed by atoms with Gasteiger partial charge in [-0.2, -0.15) is 0 Å². The van der Waals surface area contributed by atoms with Crippen LogP contribution >= 0.6 is 0 Å². The second-order valence-electron chi connectivity index (χ2n) is 12.3. The average Bonchev–Trinajstić information content (AvgIpc) is 3.13. The number of para-hydroxylation sites is 1. The van der Waals surface area contributed by atoms with E-state index in [0.29, 0.717) is 24.7 Å². The van der Waals surface area contributed by atoms with E-state index in [9.17, 15) is 9.90 Å². The van der Waals surface area contributed by atoms with E-state index in [0.717, 1.165) is 29.7 Å². The molecule has 1 amide bonds. The van der Waals surface area contributed by atoms with E-state index in [1.165, 1.54) is 26.2 Å². The van der Waals surface area contributed by atoms with Crippen molar-refractivity contribution in [3.63, 3.8) is 0 Å². The van der Waals surface area contributed by atoms with E-state index in [4.69, 9.17) is 28.4 Å². The van der Waals surface area contributed by atoms with Crippen LogP contribution in [0.2, 0.25) is 0 Å². The second kappa shape index (κ2) is 19.0. The summed E-state index contributed by atoms with van der Waals surface area (Å²) in [6.07, 6.45) is 2.05. The van der Waals surface area contributed by atoms with Crippen LogP contribution in [0.1, 0.15) is 50.2 Å². The van der Waals surface area contributed by atoms with Crippen molar-refractivity contribution in [3.05, 3.63) is 126 Å². The summed E-state index contributed by atoms with van der Waals surface area (Å²) in [5, 5.41) is 11.4. The number of hydrogen-bond donors (Lipinski definition) is 2. The van der Waals surface area contributed by atoms with Crippen molar-refractivity contribution in [3.8, 4) is 17.2 Å². The van der Waals surface area contributed by atoms with Gasteiger partial charge in [-0.1, -0.05) is 85.3 Å². The lowest BCUT2D eigenvalue weighted by atomic mass is 9.97. The maximum Gasteiger partial charge on any atom is 0.214 e. The van der Waals surface area contributed by atoms with E-state index in [1.807, 2.05) is 115 Å². The molecular weight excluding hydrogens is 622 g/mol. The number of ether oxygens (including phenoxy) is 6. The van der Waals surface area contributed by atoms with Gasteiger partial charge >= 0.3 is 0 Å². The second-order valence-corrected chi connectivity index (χ2v) is 12.3. The number of carbonyl (C=O) groups is 1. The Hall–Kier alpha value is -4.41. The minimum absolute atomic E-state index is 0.158. The molecule has 1 aliphatic heterocycles. The van der Waals surface area contributed by atoms with Crippen LogP contribution in [0.25, 0.3) is 0 Å². The van der Waals surface area contributed by atoms with Crippen LogP contribution in [0, 0.1) is 0 Å². The lowest BCUT2D eigenvalue weighted by Gasteiger charge is -2.44. The van der Waals surface area contributed by atoms with Crippen LogP contribution < -0.4 is 19.9 Å². The quantitative estimate of drug-likeness (QED) is 0.163. The van der Waals surface area contributed by atoms with Crippen molar-refractivity contribution in [1.82, 2.24) is 0 Å². The highest BCUT2D eigenvalue weighted by atomic mass is 16.7. The van der Waals surface area contributed by atoms with Crippen LogP contribution in [-0.4, -0.2) is 54.4 Å². The molecule has 0 radical (unpaired) electrons. The van der Waals surface area contributed by atoms with Gasteiger partial charge in [0.15, 0.2) is 12.4 Å². The molecule has 3 N–H and O–H groups in total. The van der Waals surface area contributed by atoms with E-state index in [2.05, 4.69) is 5.73 Å². The molecule has 0 bridgehead atoms. The van der Waals surface area contributed by atoms with Gasteiger partial charge in [-0.3, -0.25) is 4.79 Å². The molecule has 0 aromatic heterocycles. The van der Waals surface area contributed by atoms with Crippen molar-refractivity contribution in [1.29, 1.82) is 0 Å². The van der Waals surface area contributed by atoms with E-state index in [1.54, 1.807) is 0 Å². The van der Waals surface area contributed by atoms with Gasteiger partial charge in [-0.05, 0) is 73.2 Å². The predicted molar refractivity (Wildman–Crippen MR) is 186 cm³/mol. The molecule has 0 spiro atoms. The van der Waals surface area contributed by atoms with Gasteiger partial charge in [-0.25, -0.2) is 0 Å². The molecule has 9 heteroatoms. The van der Waals surface area contributed by atoms with Crippen molar-refractivity contribution in [2.45, 2.75) is 89.1 Å². The number of benzene rings is 4. The number of nitrogens with two attached hydrogens (primary N) is 1. The minimum Gasteiger partial charge on any atom is -0.491 e. The maximum atomic E-state index is 11.4. The molecule has 0 unspecified atom stereocenters. The van der Waals surface area contributed by atoms with Crippen molar-refractivity contribution < 1.29 is 38.3 Å². The fourth-order valence-corrected chi connectivity index (χ4v) is 5.90. The summed E-state index contributed by atoms with van der Waals surface area (Å²) < 4.78 is 38.0. The third kappa shape index (κ3) is 11.6. The third-order valence-electron chi connectivity index (χ3n) is 8.29. The summed E-state index contributed by atoms with van der Waals surface area (Å²) in [4.78, 5) is 9.22. The zero-order chi connectivity index (χ0) is 34.3. The summed E-state index contributed by atoms with van der Waals surface area (Å²) in [5.74, 6) is 1.76. The van der Waals surface area contributed by atoms with E-state index in [-0.39, 0.29) is 18.6 Å². The van der Waals surface area contributed by atoms with Gasteiger partial charge in [0.1, 0.15) is 42.2 Å². The summed E-state index contributed by atoms with van der Waals surface area (Å²) in [6.45, 7) is 2.10. The first-order chi connectivity index (χ1) is 23.9. The molecule has 9 nitrogen and oxygen atoms in total. The molecule has 1 heterocycles. The van der Waals surface area contributed by atoms with E-state index < -0.39 is 30.7 Å². The number of aliphatic hydroxyl groups is 1. The van der Waals surface area contributed by atoms with Gasteiger partial charge in [0, 0.05) is 6.92 Å². The average molecular weight is 670 g/mol. The van der Waals surface area contributed by atoms with Gasteiger partial charge in [0.2, 0.25) is 5.91 Å². The molecule has 4 aromatic rings. The first kappa shape index (κ1) is 35.9. The molecule has 2 fully saturated rings. The molecule has 1 saturated carbocycles. The van der Waals surface area contributed by atoms with Crippen LogP contribution in [-0.2, 0) is 32.2 Å². The smallest absolute Gasteiger partial charge is 0.214 e. The Morgan fingerprint density at radius 1 is 0.673 bits per heavy atom. The summed E-state index contributed by atoms with van der Waals surface area (Å²) in [5.41, 5.74) is 6.49. The molecule has 260 valence electrons. The largest absolute Gasteiger partial charge is 0.491 e. The highest BCUT2D eigenvalue weighted by Crippen LogP contribution is 2.32. The molecule has 5 atom stereocenters. The Bertz CT molecular complexity index is 1500. The Balaban J connectivity index is 0.00000111. The summed E-state index contributed by atoms with van der Waals surface area (Å²) in [7, 11) is 0. The molecule has 1 aliphatic carbocycles. The number of rotatable bonds is 13. The first-order valence-corrected chi connectivity index (χ1v) is 17.0. The minimum atomic E-state index is -1.29. The number of aliphatic hydroxyl groups excluding tert-OH is 1. The van der Waals surface area contributed by atoms with Gasteiger partial charge < -0.3 is 39.3 Å². The third-order valence-corrected chi connectivity index (χ3v) is 8.29. The van der Waals surface area contributed by atoms with Gasteiger partial charge in [0.05, 0.1) is 19.3 Å². The van der Waals surface area contributed by atoms with Crippen LogP contribution in [0.3, 0.4) is 0 Å². The first-order valence-electron chi connectivity index (χ1n) is 17.0. The Kier molecular flexibility index (Phi) is 13.9. The Morgan fingerprint density at radius 2 is 1.16 bits per heavy atom. The van der Waals surface area contributed by atoms with Crippen LogP contribution in [0.4, 0.5) is 0 Å². The number of amides is 1. The monoisotopic (exact) mass is 669 g/mol. The van der Waals surface area contributed by atoms with Crippen molar-refractivity contribution >= 4 is 5.91 Å². The molecule has 1 saturated heterocycles. The fourth-order valence-electron chi connectivity index (χ4n) is 5.90. The Labute approximate surface area is 288 Å². The molecular formula is C40H47NO8. The number of carbonyl (C=O) groups excluding carboxylic acids is 1. The fraction of sp³-hybridized carbons (Fsp3) is 0.375. The SMILES string of the molecule is CC(N)=O.O[C@H]1O[C@H](COc2ccccc2)[C@@H](OCc2ccccc2)[C@H](OCc2ccccc2)[C@H]1Oc1ccc(OC2CCCCC2)cc1. The zero-order valence-electron chi connectivity index (χ0n) is 28.0. The number of primary amides is 1. The lowest BCUT2D eigenvalue weighted by Crippen LogP contribution is -2.62. The maximum absolute atomic E-state index is 11.4. The number of hydrogen-bond acceptors (Lipinski definition) is 8. The molecule has 6 rings (SSSR count). The zero-order valence-corrected chi connectivity index (χ0v) is 28.0. The van der Waals surface area contributed by atoms with Crippen LogP contribution in [0.5, 0.6) is 17.2 Å². The molecule has 4 aromatic carbocycles. The normalized spacial score (nSPS) is 22.3. The summed E-state index contributed by atoms with van der Waals surface area (Å²) in [6, 6.07) is 37.0. The van der Waals surface area contributed by atoms with Gasteiger partial charge in [0.25, 0.3) is 0 Å². The van der Waals surface area contributed by atoms with Crippen molar-refractivity contribution in [2.75, 3.05) is 6.61 Å². The molecule has 49 heavy (non-hydrogen) atoms. The Morgan fingerprint density at radius 3 is 1.71 bits per heavy atom. The standard InChI is InChI=1S/C38H42O7.C2H5NO/c39-38-37(44-33-23-21-32(22-24-33)43-31-19-11-4-12-20-31)36(42-26-29-15-7-2-8-16-29)35(41-25-28-13-5-1-6-14-28)34(45-38)27-40-30-17-9-3-10-18-30;1-2(3)4/h1-3,5-10,13-18,21-24,31,34-39H,4,11-12,19-20,25-27H2;1H3,(H2,3,4)/t34-,35-,36+,37-,38+;/m1./s1.